The molecule has 1 unspecified atom stereocenters. The maximum Gasteiger partial charge on any atom is 0.106 e. The van der Waals surface area contributed by atoms with Gasteiger partial charge in [0.05, 0.1) is 5.69 Å². The zero-order valence-corrected chi connectivity index (χ0v) is 12.4. The number of rotatable bonds is 8. The molecule has 3 heteroatoms. The molecule has 0 fully saturated rings. The molecule has 0 saturated heterocycles. The zero-order valence-electron chi connectivity index (χ0n) is 12.4. The molecule has 1 aromatic rings. The molecule has 2 rings (SSSR count). The Hall–Kier alpha value is -0.830. The van der Waals surface area contributed by atoms with E-state index in [1.807, 2.05) is 0 Å². The van der Waals surface area contributed by atoms with Gasteiger partial charge in [-0.1, -0.05) is 45.4 Å². The lowest BCUT2D eigenvalue weighted by molar-refractivity contribution is 0.565. The minimum Gasteiger partial charge on any atom is -0.346 e. The first-order valence-corrected chi connectivity index (χ1v) is 8.11. The van der Waals surface area contributed by atoms with E-state index in [1.165, 1.54) is 62.2 Å². The summed E-state index contributed by atoms with van der Waals surface area (Å²) in [6.07, 6.45) is 13.8. The molecule has 19 heavy (non-hydrogen) atoms. The number of aromatic nitrogens is 2. The van der Waals surface area contributed by atoms with Crippen molar-refractivity contribution in [2.24, 2.45) is 5.73 Å². The molecule has 1 aliphatic rings. The fourth-order valence-electron chi connectivity index (χ4n) is 2.93. The summed E-state index contributed by atoms with van der Waals surface area (Å²) in [7, 11) is 0. The van der Waals surface area contributed by atoms with Crippen LogP contribution < -0.4 is 5.73 Å². The van der Waals surface area contributed by atoms with Gasteiger partial charge in [-0.05, 0) is 19.3 Å². The molecule has 108 valence electrons. The Morgan fingerprint density at radius 1 is 1.16 bits per heavy atom. The third kappa shape index (κ3) is 4.64. The van der Waals surface area contributed by atoms with Crippen LogP contribution in [0.2, 0.25) is 0 Å². The fourth-order valence-corrected chi connectivity index (χ4v) is 2.93. The number of imidazole rings is 1. The van der Waals surface area contributed by atoms with Crippen molar-refractivity contribution in [3.63, 3.8) is 0 Å². The van der Waals surface area contributed by atoms with Gasteiger partial charge in [-0.2, -0.15) is 0 Å². The van der Waals surface area contributed by atoms with E-state index in [1.54, 1.807) is 0 Å². The number of aromatic amines is 1. The third-order valence-corrected chi connectivity index (χ3v) is 4.15. The Kier molecular flexibility index (Phi) is 5.90. The number of aryl methyl sites for hydroxylation is 2. The molecule has 0 radical (unpaired) electrons. The second kappa shape index (κ2) is 7.68. The van der Waals surface area contributed by atoms with Crippen molar-refractivity contribution in [2.45, 2.75) is 83.6 Å². The van der Waals surface area contributed by atoms with Crippen molar-refractivity contribution in [1.82, 2.24) is 9.97 Å². The quantitative estimate of drug-likeness (QED) is 0.705. The van der Waals surface area contributed by atoms with Gasteiger partial charge in [-0.15, -0.1) is 0 Å². The molecule has 1 heterocycles. The molecule has 3 nitrogen and oxygen atoms in total. The fraction of sp³-hybridized carbons (Fsp3) is 0.812. The first kappa shape index (κ1) is 14.6. The largest absolute Gasteiger partial charge is 0.346 e. The summed E-state index contributed by atoms with van der Waals surface area (Å²) in [5.41, 5.74) is 8.57. The predicted octanol–water partition coefficient (Wildman–Crippen LogP) is 3.52. The molecule has 0 saturated carbocycles. The van der Waals surface area contributed by atoms with Crippen LogP contribution in [0.25, 0.3) is 0 Å². The van der Waals surface area contributed by atoms with Crippen molar-refractivity contribution < 1.29 is 0 Å². The molecule has 1 aromatic heterocycles. The maximum atomic E-state index is 5.99. The third-order valence-electron chi connectivity index (χ3n) is 4.15. The number of unbranched alkanes of at least 4 members (excludes halogenated alkanes) is 6. The molecular formula is C16H29N3. The highest BCUT2D eigenvalue weighted by atomic mass is 14.9. The van der Waals surface area contributed by atoms with E-state index in [2.05, 4.69) is 11.9 Å². The summed E-state index contributed by atoms with van der Waals surface area (Å²) in [5, 5.41) is 0. The molecule has 0 amide bonds. The smallest absolute Gasteiger partial charge is 0.106 e. The van der Waals surface area contributed by atoms with Crippen LogP contribution in [-0.4, -0.2) is 16.0 Å². The highest BCUT2D eigenvalue weighted by molar-refractivity contribution is 5.19. The molecule has 0 aromatic carbocycles. The molecular weight excluding hydrogens is 234 g/mol. The second-order valence-corrected chi connectivity index (χ2v) is 5.98. The number of hydrogen-bond donors (Lipinski definition) is 2. The van der Waals surface area contributed by atoms with Crippen molar-refractivity contribution in [2.75, 3.05) is 0 Å². The van der Waals surface area contributed by atoms with Crippen LogP contribution in [0.4, 0.5) is 0 Å². The Balaban J connectivity index is 1.64. The van der Waals surface area contributed by atoms with Crippen LogP contribution >= 0.6 is 0 Å². The predicted molar refractivity (Wildman–Crippen MR) is 80.3 cm³/mol. The van der Waals surface area contributed by atoms with Gasteiger partial charge in [0.2, 0.25) is 0 Å². The summed E-state index contributed by atoms with van der Waals surface area (Å²) in [4.78, 5) is 8.21. The van der Waals surface area contributed by atoms with E-state index in [0.29, 0.717) is 6.04 Å². The average Bonchev–Trinajstić information content (AvgIpc) is 2.79. The zero-order chi connectivity index (χ0) is 13.5. The molecule has 3 N–H and O–H groups in total. The lowest BCUT2D eigenvalue weighted by Crippen LogP contribution is -2.27. The lowest BCUT2D eigenvalue weighted by Gasteiger charge is -2.15. The Labute approximate surface area is 117 Å². The lowest BCUT2D eigenvalue weighted by atomic mass is 9.97. The molecule has 0 bridgehead atoms. The Bertz CT molecular complexity index is 370. The number of nitrogens with one attached hydrogen (secondary N) is 1. The summed E-state index contributed by atoms with van der Waals surface area (Å²) in [5.74, 6) is 1.19. The van der Waals surface area contributed by atoms with E-state index in [9.17, 15) is 0 Å². The molecule has 0 spiro atoms. The monoisotopic (exact) mass is 263 g/mol. The van der Waals surface area contributed by atoms with Crippen molar-refractivity contribution in [3.8, 4) is 0 Å². The maximum absolute atomic E-state index is 5.99. The van der Waals surface area contributed by atoms with E-state index >= 15 is 0 Å². The minimum atomic E-state index is 0.333. The number of nitrogens with zero attached hydrogens (tertiary/aromatic N) is 1. The van der Waals surface area contributed by atoms with Crippen LogP contribution in [0.5, 0.6) is 0 Å². The topological polar surface area (TPSA) is 54.7 Å². The van der Waals surface area contributed by atoms with Gasteiger partial charge in [-0.25, -0.2) is 4.98 Å². The van der Waals surface area contributed by atoms with Gasteiger partial charge in [-0.3, -0.25) is 0 Å². The van der Waals surface area contributed by atoms with Crippen LogP contribution in [0.3, 0.4) is 0 Å². The second-order valence-electron chi connectivity index (χ2n) is 5.98. The van der Waals surface area contributed by atoms with Crippen LogP contribution in [0.1, 0.15) is 75.5 Å². The Morgan fingerprint density at radius 2 is 1.89 bits per heavy atom. The minimum absolute atomic E-state index is 0.333. The summed E-state index contributed by atoms with van der Waals surface area (Å²) < 4.78 is 0. The standard InChI is InChI=1S/C16H29N3/c1-2-3-4-5-6-7-8-9-16-18-14-11-10-13(17)12-15(14)19-16/h13H,2-12,17H2,1H3,(H,18,19). The van der Waals surface area contributed by atoms with E-state index in [0.717, 1.165) is 25.7 Å². The number of H-pyrrole nitrogens is 1. The summed E-state index contributed by atoms with van der Waals surface area (Å²) >= 11 is 0. The van der Waals surface area contributed by atoms with Crippen LogP contribution in [0, 0.1) is 0 Å². The van der Waals surface area contributed by atoms with Crippen molar-refractivity contribution in [1.29, 1.82) is 0 Å². The van der Waals surface area contributed by atoms with Gasteiger partial charge in [0.25, 0.3) is 0 Å². The van der Waals surface area contributed by atoms with E-state index in [-0.39, 0.29) is 0 Å². The average molecular weight is 263 g/mol. The summed E-state index contributed by atoms with van der Waals surface area (Å²) in [6.45, 7) is 2.27. The van der Waals surface area contributed by atoms with E-state index in [4.69, 9.17) is 10.7 Å². The molecule has 1 aliphatic carbocycles. The number of nitrogens with two attached hydrogens (primary N) is 1. The van der Waals surface area contributed by atoms with Gasteiger partial charge in [0.1, 0.15) is 5.82 Å². The van der Waals surface area contributed by atoms with Crippen LogP contribution in [-0.2, 0) is 19.3 Å². The van der Waals surface area contributed by atoms with Gasteiger partial charge in [0, 0.05) is 24.6 Å². The summed E-state index contributed by atoms with van der Waals surface area (Å²) in [6, 6.07) is 0.333. The number of hydrogen-bond acceptors (Lipinski definition) is 2. The van der Waals surface area contributed by atoms with Gasteiger partial charge in [0.15, 0.2) is 0 Å². The SMILES string of the molecule is CCCCCCCCCc1nc2c([nH]1)CC(N)CC2. The molecule has 0 aliphatic heterocycles. The molecule has 1 atom stereocenters. The highest BCUT2D eigenvalue weighted by Gasteiger charge is 2.18. The Morgan fingerprint density at radius 3 is 2.68 bits per heavy atom. The normalized spacial score (nSPS) is 18.5. The number of fused-ring (bicyclic) bond motifs is 1. The highest BCUT2D eigenvalue weighted by Crippen LogP contribution is 2.19. The first-order chi connectivity index (χ1) is 9.29. The van der Waals surface area contributed by atoms with Crippen molar-refractivity contribution >= 4 is 0 Å². The van der Waals surface area contributed by atoms with Gasteiger partial charge < -0.3 is 10.7 Å². The van der Waals surface area contributed by atoms with Crippen LogP contribution in [0.15, 0.2) is 0 Å². The first-order valence-electron chi connectivity index (χ1n) is 8.11. The van der Waals surface area contributed by atoms with Gasteiger partial charge >= 0.3 is 0 Å². The van der Waals surface area contributed by atoms with E-state index < -0.39 is 0 Å². The van der Waals surface area contributed by atoms with Crippen molar-refractivity contribution in [3.05, 3.63) is 17.2 Å².